The van der Waals surface area contributed by atoms with E-state index in [0.29, 0.717) is 12.7 Å². The minimum atomic E-state index is 0.294. The maximum Gasteiger partial charge on any atom is 0.127 e. The van der Waals surface area contributed by atoms with Gasteiger partial charge in [0.1, 0.15) is 18.5 Å². The Morgan fingerprint density at radius 2 is 2.33 bits per heavy atom. The fourth-order valence-corrected chi connectivity index (χ4v) is 1.57. The molecular weight excluding hydrogens is 190 g/mol. The molecule has 1 atom stereocenters. The normalized spacial score (nSPS) is 19.1. The first-order valence-electron chi connectivity index (χ1n) is 5.00. The zero-order valence-corrected chi connectivity index (χ0v) is 8.22. The molecule has 3 rings (SSSR count). The third kappa shape index (κ3) is 1.78. The summed E-state index contributed by atoms with van der Waals surface area (Å²) in [4.78, 5) is 4.08. The zero-order valence-electron chi connectivity index (χ0n) is 8.22. The fourth-order valence-electron chi connectivity index (χ4n) is 1.57. The Kier molecular flexibility index (Phi) is 2.03. The van der Waals surface area contributed by atoms with Crippen LogP contribution in [0.15, 0.2) is 36.7 Å². The Labute approximate surface area is 87.6 Å². The summed E-state index contributed by atoms with van der Waals surface area (Å²) in [6.07, 6.45) is 3.92. The first-order valence-corrected chi connectivity index (χ1v) is 5.00. The summed E-state index contributed by atoms with van der Waals surface area (Å²) in [5, 5.41) is 2.21. The molecule has 1 aromatic carbocycles. The van der Waals surface area contributed by atoms with Gasteiger partial charge >= 0.3 is 0 Å². The average molecular weight is 201 g/mol. The lowest BCUT2D eigenvalue weighted by Gasteiger charge is -2.07. The molecule has 1 aliphatic rings. The van der Waals surface area contributed by atoms with Crippen molar-refractivity contribution < 1.29 is 9.47 Å². The van der Waals surface area contributed by atoms with E-state index in [-0.39, 0.29) is 0 Å². The molecule has 0 unspecified atom stereocenters. The molecule has 0 bridgehead atoms. The van der Waals surface area contributed by atoms with Crippen LogP contribution >= 0.6 is 0 Å². The standard InChI is InChI=1S/C12H11NO2/c1-2-9-6-13-5-4-11(9)12(3-1)15-8-10-7-14-10/h1-6,10H,7-8H2/t10-/m1/s1. The smallest absolute Gasteiger partial charge is 0.127 e. The summed E-state index contributed by atoms with van der Waals surface area (Å²) in [5.41, 5.74) is 0. The summed E-state index contributed by atoms with van der Waals surface area (Å²) in [7, 11) is 0. The molecule has 1 saturated heterocycles. The highest BCUT2D eigenvalue weighted by molar-refractivity contribution is 5.87. The van der Waals surface area contributed by atoms with Gasteiger partial charge in [0, 0.05) is 23.2 Å². The molecule has 0 N–H and O–H groups in total. The SMILES string of the molecule is c1cc(OC[C@H]2CO2)c2ccncc2c1. The van der Waals surface area contributed by atoms with E-state index in [1.807, 2.05) is 30.5 Å². The van der Waals surface area contributed by atoms with Crippen LogP contribution < -0.4 is 4.74 Å². The van der Waals surface area contributed by atoms with Crippen LogP contribution in [0.3, 0.4) is 0 Å². The Hall–Kier alpha value is -1.61. The van der Waals surface area contributed by atoms with Gasteiger partial charge in [0.05, 0.1) is 6.61 Å². The van der Waals surface area contributed by atoms with Crippen LogP contribution in [0.4, 0.5) is 0 Å². The summed E-state index contributed by atoms with van der Waals surface area (Å²) < 4.78 is 10.8. The number of hydrogen-bond acceptors (Lipinski definition) is 3. The number of fused-ring (bicyclic) bond motifs is 1. The lowest BCUT2D eigenvalue weighted by molar-refractivity contribution is 0.265. The van der Waals surface area contributed by atoms with Crippen molar-refractivity contribution in [2.24, 2.45) is 0 Å². The fraction of sp³-hybridized carbons (Fsp3) is 0.250. The van der Waals surface area contributed by atoms with E-state index in [1.54, 1.807) is 6.20 Å². The van der Waals surface area contributed by atoms with Crippen molar-refractivity contribution >= 4 is 10.8 Å². The zero-order chi connectivity index (χ0) is 10.1. The van der Waals surface area contributed by atoms with E-state index >= 15 is 0 Å². The number of hydrogen-bond donors (Lipinski definition) is 0. The van der Waals surface area contributed by atoms with Crippen LogP contribution in [-0.4, -0.2) is 24.3 Å². The molecule has 76 valence electrons. The van der Waals surface area contributed by atoms with Gasteiger partial charge in [0.2, 0.25) is 0 Å². The van der Waals surface area contributed by atoms with E-state index in [9.17, 15) is 0 Å². The van der Waals surface area contributed by atoms with Crippen LogP contribution in [0.25, 0.3) is 10.8 Å². The van der Waals surface area contributed by atoms with E-state index < -0.39 is 0 Å². The highest BCUT2D eigenvalue weighted by atomic mass is 16.6. The van der Waals surface area contributed by atoms with Gasteiger partial charge in [-0.25, -0.2) is 0 Å². The van der Waals surface area contributed by atoms with E-state index in [0.717, 1.165) is 23.1 Å². The molecule has 0 aliphatic carbocycles. The Bertz CT molecular complexity index is 475. The molecule has 1 fully saturated rings. The van der Waals surface area contributed by atoms with E-state index in [2.05, 4.69) is 4.98 Å². The Morgan fingerprint density at radius 3 is 3.20 bits per heavy atom. The molecule has 15 heavy (non-hydrogen) atoms. The Balaban J connectivity index is 1.93. The quantitative estimate of drug-likeness (QED) is 0.712. The van der Waals surface area contributed by atoms with Crippen LogP contribution in [0, 0.1) is 0 Å². The first kappa shape index (κ1) is 8.68. The highest BCUT2D eigenvalue weighted by Crippen LogP contribution is 2.25. The van der Waals surface area contributed by atoms with Gasteiger partial charge < -0.3 is 9.47 Å². The number of pyridine rings is 1. The number of rotatable bonds is 3. The lowest BCUT2D eigenvalue weighted by Crippen LogP contribution is -2.04. The van der Waals surface area contributed by atoms with Crippen molar-refractivity contribution in [1.82, 2.24) is 4.98 Å². The third-order valence-corrected chi connectivity index (χ3v) is 2.47. The topological polar surface area (TPSA) is 34.6 Å². The van der Waals surface area contributed by atoms with Crippen molar-refractivity contribution in [3.63, 3.8) is 0 Å². The van der Waals surface area contributed by atoms with Gasteiger partial charge in [-0.3, -0.25) is 4.98 Å². The monoisotopic (exact) mass is 201 g/mol. The maximum absolute atomic E-state index is 5.69. The second-order valence-corrected chi connectivity index (χ2v) is 3.62. The Morgan fingerprint density at radius 1 is 1.40 bits per heavy atom. The minimum absolute atomic E-state index is 0.294. The van der Waals surface area contributed by atoms with Gasteiger partial charge in [-0.2, -0.15) is 0 Å². The predicted molar refractivity (Wildman–Crippen MR) is 57.0 cm³/mol. The molecule has 2 aromatic rings. The van der Waals surface area contributed by atoms with Gasteiger partial charge in [0.25, 0.3) is 0 Å². The molecule has 0 spiro atoms. The van der Waals surface area contributed by atoms with Gasteiger partial charge in [-0.05, 0) is 12.1 Å². The van der Waals surface area contributed by atoms with Crippen molar-refractivity contribution in [3.05, 3.63) is 36.7 Å². The number of epoxide rings is 1. The van der Waals surface area contributed by atoms with Crippen molar-refractivity contribution in [2.45, 2.75) is 6.10 Å². The van der Waals surface area contributed by atoms with E-state index in [4.69, 9.17) is 9.47 Å². The number of nitrogens with zero attached hydrogens (tertiary/aromatic N) is 1. The van der Waals surface area contributed by atoms with E-state index in [1.165, 1.54) is 0 Å². The minimum Gasteiger partial charge on any atom is -0.490 e. The largest absolute Gasteiger partial charge is 0.490 e. The van der Waals surface area contributed by atoms with Gasteiger partial charge in [0.15, 0.2) is 0 Å². The van der Waals surface area contributed by atoms with Gasteiger partial charge in [-0.1, -0.05) is 12.1 Å². The van der Waals surface area contributed by atoms with Crippen LogP contribution in [0.5, 0.6) is 5.75 Å². The van der Waals surface area contributed by atoms with Gasteiger partial charge in [-0.15, -0.1) is 0 Å². The van der Waals surface area contributed by atoms with Crippen LogP contribution in [0.1, 0.15) is 0 Å². The summed E-state index contributed by atoms with van der Waals surface area (Å²) in [6, 6.07) is 7.96. The molecule has 1 aromatic heterocycles. The molecule has 0 saturated carbocycles. The second kappa shape index (κ2) is 3.51. The van der Waals surface area contributed by atoms with Crippen molar-refractivity contribution in [1.29, 1.82) is 0 Å². The molecule has 0 amide bonds. The van der Waals surface area contributed by atoms with Crippen molar-refractivity contribution in [3.8, 4) is 5.75 Å². The molecule has 1 aliphatic heterocycles. The summed E-state index contributed by atoms with van der Waals surface area (Å²) >= 11 is 0. The molecule has 3 nitrogen and oxygen atoms in total. The molecule has 3 heteroatoms. The summed E-state index contributed by atoms with van der Waals surface area (Å²) in [5.74, 6) is 0.908. The van der Waals surface area contributed by atoms with Crippen LogP contribution in [-0.2, 0) is 4.74 Å². The number of benzene rings is 1. The maximum atomic E-state index is 5.69. The third-order valence-electron chi connectivity index (χ3n) is 2.47. The van der Waals surface area contributed by atoms with Crippen LogP contribution in [0.2, 0.25) is 0 Å². The highest BCUT2D eigenvalue weighted by Gasteiger charge is 2.23. The first-order chi connectivity index (χ1) is 7.43. The molecular formula is C12H11NO2. The molecule has 2 heterocycles. The second-order valence-electron chi connectivity index (χ2n) is 3.62. The van der Waals surface area contributed by atoms with Crippen molar-refractivity contribution in [2.75, 3.05) is 13.2 Å². The molecule has 0 radical (unpaired) electrons. The number of aromatic nitrogens is 1. The average Bonchev–Trinajstić information content (AvgIpc) is 3.10. The summed E-state index contributed by atoms with van der Waals surface area (Å²) in [6.45, 7) is 1.47. The predicted octanol–water partition coefficient (Wildman–Crippen LogP) is 2.01. The lowest BCUT2D eigenvalue weighted by atomic mass is 10.1. The number of ether oxygens (including phenoxy) is 2.